The lowest BCUT2D eigenvalue weighted by atomic mass is 9.73. The van der Waals surface area contributed by atoms with Crippen molar-refractivity contribution in [2.45, 2.75) is 31.7 Å². The summed E-state index contributed by atoms with van der Waals surface area (Å²) in [6.07, 6.45) is 3.60. The number of fused-ring (bicyclic) bond motifs is 2. The molecule has 0 saturated carbocycles. The summed E-state index contributed by atoms with van der Waals surface area (Å²) in [5.41, 5.74) is 8.95. The number of carbonyl (C=O) groups excluding carboxylic acids is 1. The van der Waals surface area contributed by atoms with Gasteiger partial charge in [-0.05, 0) is 48.9 Å². The van der Waals surface area contributed by atoms with Gasteiger partial charge < -0.3 is 4.74 Å². The maximum absolute atomic E-state index is 12.7. The minimum Gasteiger partial charge on any atom is -0.381 e. The highest BCUT2D eigenvalue weighted by atomic mass is 35.5. The summed E-state index contributed by atoms with van der Waals surface area (Å²) in [4.78, 5) is 22.8. The number of nitrogens with zero attached hydrogens (tertiary/aromatic N) is 6. The average Bonchev–Trinajstić information content (AvgIpc) is 3.44. The largest absolute Gasteiger partial charge is 0.381 e. The van der Waals surface area contributed by atoms with Gasteiger partial charge in [0.2, 0.25) is 0 Å². The van der Waals surface area contributed by atoms with E-state index in [1.54, 1.807) is 10.9 Å². The zero-order valence-corrected chi connectivity index (χ0v) is 21.7. The Morgan fingerprint density at radius 1 is 1.16 bits per heavy atom. The first-order chi connectivity index (χ1) is 18.0. The third-order valence-corrected chi connectivity index (χ3v) is 7.79. The predicted molar refractivity (Wildman–Crippen MR) is 138 cm³/mol. The number of allylic oxidation sites excluding steroid dienone is 1. The third kappa shape index (κ3) is 3.93. The molecule has 3 aliphatic heterocycles. The fraction of sp³-hybridized carbons (Fsp3) is 0.370. The van der Waals surface area contributed by atoms with Crippen LogP contribution < -0.4 is 16.1 Å². The van der Waals surface area contributed by atoms with Crippen molar-refractivity contribution in [2.24, 2.45) is 18.0 Å². The van der Waals surface area contributed by atoms with Crippen LogP contribution in [0.5, 0.6) is 0 Å². The molecule has 0 amide bonds. The lowest BCUT2D eigenvalue weighted by Crippen LogP contribution is -2.45. The van der Waals surface area contributed by atoms with Crippen LogP contribution in [0.4, 0.5) is 0 Å². The van der Waals surface area contributed by atoms with Crippen molar-refractivity contribution in [1.29, 1.82) is 0 Å². The van der Waals surface area contributed by atoms with Crippen molar-refractivity contribution in [2.75, 3.05) is 20.3 Å². The van der Waals surface area contributed by atoms with Gasteiger partial charge in [-0.25, -0.2) is 4.68 Å². The first-order valence-corrected chi connectivity index (χ1v) is 12.8. The molecule has 0 spiro atoms. The van der Waals surface area contributed by atoms with E-state index in [4.69, 9.17) is 26.3 Å². The van der Waals surface area contributed by atoms with E-state index in [0.29, 0.717) is 30.2 Å². The minimum atomic E-state index is -0.540. The smallest absolute Gasteiger partial charge is 0.270 e. The standard InChI is InChI=1S/C27H28ClN7O2/c1-15-25(35(3)33-31-15)18-9-12-29-24-21(18)30-22(20-23(27(28)36)32-34(2)26(20)24)19(16-7-5-4-6-8-16)17-10-13-37-14-11-17/h4-9,12,17,19,22,32H,10-11,13-14H2,1-3H3. The number of ether oxygens (including phenoxy) is 1. The molecule has 1 saturated heterocycles. The summed E-state index contributed by atoms with van der Waals surface area (Å²) in [7, 11) is 3.76. The molecule has 2 aromatic heterocycles. The molecule has 10 heteroatoms. The minimum absolute atomic E-state index is 0.0152. The molecule has 3 aromatic rings. The van der Waals surface area contributed by atoms with E-state index in [9.17, 15) is 4.79 Å². The molecule has 2 atom stereocenters. The molecule has 0 radical (unpaired) electrons. The van der Waals surface area contributed by atoms with Crippen molar-refractivity contribution in [1.82, 2.24) is 30.4 Å². The molecule has 37 heavy (non-hydrogen) atoms. The Labute approximate surface area is 219 Å². The molecule has 2 unspecified atom stereocenters. The van der Waals surface area contributed by atoms with E-state index in [1.807, 2.05) is 38.2 Å². The highest BCUT2D eigenvalue weighted by Crippen LogP contribution is 2.43. The van der Waals surface area contributed by atoms with Gasteiger partial charge in [0, 0.05) is 50.6 Å². The topological polar surface area (TPSA) is 97.5 Å². The van der Waals surface area contributed by atoms with E-state index >= 15 is 0 Å². The molecule has 0 bridgehead atoms. The number of hydrogen-bond donors (Lipinski definition) is 1. The molecule has 6 rings (SSSR count). The quantitative estimate of drug-likeness (QED) is 0.517. The molecule has 3 aliphatic rings. The van der Waals surface area contributed by atoms with Crippen LogP contribution in [0.3, 0.4) is 0 Å². The number of nitrogens with one attached hydrogen (secondary N) is 1. The second-order valence-corrected chi connectivity index (χ2v) is 10.1. The Bertz CT molecular complexity index is 1510. The fourth-order valence-corrected chi connectivity index (χ4v) is 6.16. The van der Waals surface area contributed by atoms with Crippen LogP contribution in [0.2, 0.25) is 0 Å². The number of aromatic nitrogens is 4. The van der Waals surface area contributed by atoms with E-state index in [-0.39, 0.29) is 12.0 Å². The fourth-order valence-electron chi connectivity index (χ4n) is 6.01. The zero-order valence-electron chi connectivity index (χ0n) is 21.0. The Hall–Kier alpha value is -3.56. The van der Waals surface area contributed by atoms with E-state index in [0.717, 1.165) is 46.4 Å². The van der Waals surface area contributed by atoms with Crippen LogP contribution in [0.25, 0.3) is 17.0 Å². The monoisotopic (exact) mass is 517 g/mol. The van der Waals surface area contributed by atoms with Crippen LogP contribution in [0, 0.1) is 12.8 Å². The number of hydrogen-bond acceptors (Lipinski definition) is 8. The van der Waals surface area contributed by atoms with Crippen LogP contribution in [0.1, 0.15) is 30.0 Å². The van der Waals surface area contributed by atoms with E-state index in [2.05, 4.69) is 40.0 Å². The summed E-state index contributed by atoms with van der Waals surface area (Å²) in [6.45, 7) is 3.36. The lowest BCUT2D eigenvalue weighted by Gasteiger charge is -2.36. The van der Waals surface area contributed by atoms with Gasteiger partial charge >= 0.3 is 0 Å². The summed E-state index contributed by atoms with van der Waals surface area (Å²) in [6, 6.07) is 12.0. The van der Waals surface area contributed by atoms with Gasteiger partial charge in [0.1, 0.15) is 11.0 Å². The van der Waals surface area contributed by atoms with Crippen LogP contribution in [0.15, 0.2) is 58.9 Å². The lowest BCUT2D eigenvalue weighted by molar-refractivity contribution is -0.109. The van der Waals surface area contributed by atoms with Crippen molar-refractivity contribution >= 4 is 22.5 Å². The number of benzene rings is 1. The number of aryl methyl sites for hydroxylation is 2. The number of carbonyl (C=O) groups is 1. The Morgan fingerprint density at radius 2 is 1.92 bits per heavy atom. The molecule has 9 nitrogen and oxygen atoms in total. The van der Waals surface area contributed by atoms with E-state index in [1.165, 1.54) is 5.56 Å². The normalized spacial score (nSPS) is 20.3. The molecule has 1 N–H and O–H groups in total. The van der Waals surface area contributed by atoms with Gasteiger partial charge in [-0.1, -0.05) is 35.5 Å². The summed E-state index contributed by atoms with van der Waals surface area (Å²) in [5, 5.41) is 11.3. The van der Waals surface area contributed by atoms with Crippen molar-refractivity contribution in [3.63, 3.8) is 0 Å². The molecule has 1 aromatic carbocycles. The first kappa shape index (κ1) is 23.8. The summed E-state index contributed by atoms with van der Waals surface area (Å²) >= 11 is 6.15. The molecule has 1 fully saturated rings. The van der Waals surface area contributed by atoms with E-state index < -0.39 is 5.24 Å². The Morgan fingerprint density at radius 3 is 2.59 bits per heavy atom. The Kier molecular flexibility index (Phi) is 6.04. The average molecular weight is 518 g/mol. The molecule has 190 valence electrons. The van der Waals surface area contributed by atoms with Gasteiger partial charge in [0.05, 0.1) is 28.5 Å². The third-order valence-electron chi connectivity index (χ3n) is 7.60. The molecular weight excluding hydrogens is 490 g/mol. The first-order valence-electron chi connectivity index (χ1n) is 12.5. The maximum Gasteiger partial charge on any atom is 0.270 e. The van der Waals surface area contributed by atoms with Crippen LogP contribution in [-0.2, 0) is 16.6 Å². The number of halogens is 1. The van der Waals surface area contributed by atoms with Gasteiger partial charge in [-0.15, -0.1) is 5.10 Å². The number of hydrazine groups is 1. The molecular formula is C27H28ClN7O2. The second kappa shape index (κ2) is 9.39. The van der Waals surface area contributed by atoms with Gasteiger partial charge in [0.25, 0.3) is 5.24 Å². The zero-order chi connectivity index (χ0) is 25.7. The van der Waals surface area contributed by atoms with Crippen molar-refractivity contribution in [3.05, 3.63) is 75.8 Å². The molecule has 0 aliphatic carbocycles. The van der Waals surface area contributed by atoms with Crippen molar-refractivity contribution < 1.29 is 9.53 Å². The van der Waals surface area contributed by atoms with Gasteiger partial charge in [-0.3, -0.25) is 25.2 Å². The Balaban J connectivity index is 1.68. The number of likely N-dealkylation sites (N-methyl/N-ethyl adjacent to an activating group) is 1. The summed E-state index contributed by atoms with van der Waals surface area (Å²) < 4.78 is 7.48. The van der Waals surface area contributed by atoms with Gasteiger partial charge in [-0.2, -0.15) is 0 Å². The number of pyridine rings is 1. The molecule has 5 heterocycles. The highest BCUT2D eigenvalue weighted by Gasteiger charge is 2.43. The maximum atomic E-state index is 12.7. The van der Waals surface area contributed by atoms with Gasteiger partial charge in [0.15, 0.2) is 0 Å². The van der Waals surface area contributed by atoms with Crippen LogP contribution in [-0.4, -0.2) is 56.5 Å². The highest BCUT2D eigenvalue weighted by molar-refractivity contribution is 6.67. The SMILES string of the molecule is Cc1nnn(C)c1-c1ccnc2c1=NC(C(c1ccccc1)C1CCOCC1)C1=C(C(=O)Cl)NN(C)C=21. The van der Waals surface area contributed by atoms with Crippen molar-refractivity contribution in [3.8, 4) is 11.3 Å². The summed E-state index contributed by atoms with van der Waals surface area (Å²) in [5.74, 6) is 0.333. The van der Waals surface area contributed by atoms with Crippen LogP contribution >= 0.6 is 11.6 Å². The predicted octanol–water partition coefficient (Wildman–Crippen LogP) is 1.98. The second-order valence-electron chi connectivity index (χ2n) is 9.74. The number of rotatable bonds is 5.